The van der Waals surface area contributed by atoms with Gasteiger partial charge in [-0.25, -0.2) is 15.0 Å². The van der Waals surface area contributed by atoms with E-state index in [2.05, 4.69) is 39.6 Å². The highest BCUT2D eigenvalue weighted by Crippen LogP contribution is 2.41. The van der Waals surface area contributed by atoms with Gasteiger partial charge < -0.3 is 29.7 Å². The second kappa shape index (κ2) is 11.2. The molecule has 3 heterocycles. The Labute approximate surface area is 206 Å². The Bertz CT molecular complexity index is 1120. The van der Waals surface area contributed by atoms with Crippen LogP contribution in [0.2, 0.25) is 0 Å². The van der Waals surface area contributed by atoms with E-state index in [1.54, 1.807) is 20.4 Å². The number of ether oxygens (including phenoxy) is 3. The zero-order valence-corrected chi connectivity index (χ0v) is 21.0. The SMILES string of the molecule is CCC1CN(c2ccc(-c3ccnc(Nc4cc(OC)c(OC)c(OC(C)C)c4)n3)cn2)CCN1. The highest BCUT2D eigenvalue weighted by Gasteiger charge is 2.19. The second-order valence-electron chi connectivity index (χ2n) is 8.68. The predicted octanol–water partition coefficient (Wildman–Crippen LogP) is 4.27. The van der Waals surface area contributed by atoms with Crippen molar-refractivity contribution in [3.8, 4) is 28.5 Å². The molecule has 2 aromatic heterocycles. The fourth-order valence-electron chi connectivity index (χ4n) is 4.08. The van der Waals surface area contributed by atoms with Crippen LogP contribution < -0.4 is 29.7 Å². The molecule has 0 saturated carbocycles. The van der Waals surface area contributed by atoms with Crippen molar-refractivity contribution in [2.75, 3.05) is 44.1 Å². The van der Waals surface area contributed by atoms with Gasteiger partial charge in [0.25, 0.3) is 0 Å². The summed E-state index contributed by atoms with van der Waals surface area (Å²) in [6.45, 7) is 9.03. The number of hydrogen-bond donors (Lipinski definition) is 2. The average Bonchev–Trinajstić information content (AvgIpc) is 2.88. The van der Waals surface area contributed by atoms with E-state index in [1.165, 1.54) is 0 Å². The van der Waals surface area contributed by atoms with E-state index in [4.69, 9.17) is 24.2 Å². The lowest BCUT2D eigenvalue weighted by Crippen LogP contribution is -2.50. The molecule has 3 aromatic rings. The van der Waals surface area contributed by atoms with Gasteiger partial charge in [0, 0.05) is 61.5 Å². The second-order valence-corrected chi connectivity index (χ2v) is 8.68. The fraction of sp³-hybridized carbons (Fsp3) is 0.423. The molecule has 1 saturated heterocycles. The minimum Gasteiger partial charge on any atom is -0.493 e. The van der Waals surface area contributed by atoms with Crippen LogP contribution in [0.5, 0.6) is 17.2 Å². The summed E-state index contributed by atoms with van der Waals surface area (Å²) >= 11 is 0. The quantitative estimate of drug-likeness (QED) is 0.467. The summed E-state index contributed by atoms with van der Waals surface area (Å²) < 4.78 is 16.9. The van der Waals surface area contributed by atoms with Gasteiger partial charge in [-0.05, 0) is 38.5 Å². The van der Waals surface area contributed by atoms with E-state index in [0.717, 1.165) is 48.8 Å². The van der Waals surface area contributed by atoms with E-state index < -0.39 is 0 Å². The summed E-state index contributed by atoms with van der Waals surface area (Å²) in [6.07, 6.45) is 4.69. The smallest absolute Gasteiger partial charge is 0.227 e. The molecule has 35 heavy (non-hydrogen) atoms. The molecule has 0 amide bonds. The molecule has 1 unspecified atom stereocenters. The Balaban J connectivity index is 1.54. The van der Waals surface area contributed by atoms with Crippen LogP contribution in [0.25, 0.3) is 11.3 Å². The van der Waals surface area contributed by atoms with Crippen molar-refractivity contribution in [1.29, 1.82) is 0 Å². The van der Waals surface area contributed by atoms with Gasteiger partial charge in [0.1, 0.15) is 5.82 Å². The summed E-state index contributed by atoms with van der Waals surface area (Å²) in [5, 5.41) is 6.80. The lowest BCUT2D eigenvalue weighted by atomic mass is 10.1. The van der Waals surface area contributed by atoms with Gasteiger partial charge >= 0.3 is 0 Å². The third kappa shape index (κ3) is 5.92. The summed E-state index contributed by atoms with van der Waals surface area (Å²) in [4.78, 5) is 16.1. The minimum absolute atomic E-state index is 0.0204. The Hall–Kier alpha value is -3.59. The van der Waals surface area contributed by atoms with Crippen molar-refractivity contribution in [3.05, 3.63) is 42.7 Å². The molecule has 1 fully saturated rings. The molecule has 1 aliphatic rings. The van der Waals surface area contributed by atoms with Crippen LogP contribution in [0.15, 0.2) is 42.7 Å². The Morgan fingerprint density at radius 1 is 1.11 bits per heavy atom. The highest BCUT2D eigenvalue weighted by molar-refractivity contribution is 5.67. The van der Waals surface area contributed by atoms with Gasteiger partial charge in [0.15, 0.2) is 11.5 Å². The largest absolute Gasteiger partial charge is 0.493 e. The van der Waals surface area contributed by atoms with Crippen molar-refractivity contribution >= 4 is 17.5 Å². The standard InChI is InChI=1S/C26H34N6O3/c1-6-19-16-32(12-11-27-19)24-8-7-18(15-29-24)21-9-10-28-26(31-21)30-20-13-22(33-4)25(34-5)23(14-20)35-17(2)3/h7-10,13-15,17,19,27H,6,11-12,16H2,1-5H3,(H,28,30,31). The number of aromatic nitrogens is 3. The van der Waals surface area contributed by atoms with Gasteiger partial charge in [0.05, 0.1) is 26.0 Å². The van der Waals surface area contributed by atoms with E-state index in [-0.39, 0.29) is 6.10 Å². The number of pyridine rings is 1. The third-order valence-corrected chi connectivity index (χ3v) is 5.84. The van der Waals surface area contributed by atoms with Crippen LogP contribution in [-0.2, 0) is 0 Å². The lowest BCUT2D eigenvalue weighted by Gasteiger charge is -2.34. The number of benzene rings is 1. The maximum absolute atomic E-state index is 5.92. The Morgan fingerprint density at radius 2 is 1.94 bits per heavy atom. The molecule has 186 valence electrons. The molecule has 0 aliphatic carbocycles. The monoisotopic (exact) mass is 478 g/mol. The molecular formula is C26H34N6O3. The van der Waals surface area contributed by atoms with E-state index in [0.29, 0.717) is 29.2 Å². The number of nitrogens with one attached hydrogen (secondary N) is 2. The zero-order chi connectivity index (χ0) is 24.8. The molecule has 1 aliphatic heterocycles. The Morgan fingerprint density at radius 3 is 2.63 bits per heavy atom. The number of piperazine rings is 1. The van der Waals surface area contributed by atoms with Crippen molar-refractivity contribution in [2.45, 2.75) is 39.3 Å². The first-order valence-corrected chi connectivity index (χ1v) is 12.0. The molecule has 2 N–H and O–H groups in total. The maximum Gasteiger partial charge on any atom is 0.227 e. The molecular weight excluding hydrogens is 444 g/mol. The van der Waals surface area contributed by atoms with Crippen LogP contribution >= 0.6 is 0 Å². The van der Waals surface area contributed by atoms with Gasteiger partial charge in [-0.2, -0.15) is 0 Å². The predicted molar refractivity (Wildman–Crippen MR) is 138 cm³/mol. The molecule has 0 spiro atoms. The van der Waals surface area contributed by atoms with Crippen molar-refractivity contribution < 1.29 is 14.2 Å². The summed E-state index contributed by atoms with van der Waals surface area (Å²) in [7, 11) is 3.19. The first kappa shape index (κ1) is 24.5. The number of methoxy groups -OCH3 is 2. The van der Waals surface area contributed by atoms with E-state index in [1.807, 2.05) is 38.2 Å². The molecule has 4 rings (SSSR count). The van der Waals surface area contributed by atoms with Crippen molar-refractivity contribution in [3.63, 3.8) is 0 Å². The van der Waals surface area contributed by atoms with Crippen LogP contribution in [0, 0.1) is 0 Å². The van der Waals surface area contributed by atoms with Crippen LogP contribution in [0.1, 0.15) is 27.2 Å². The van der Waals surface area contributed by atoms with E-state index in [9.17, 15) is 0 Å². The average molecular weight is 479 g/mol. The van der Waals surface area contributed by atoms with Gasteiger partial charge in [-0.3, -0.25) is 0 Å². The zero-order valence-electron chi connectivity index (χ0n) is 21.0. The summed E-state index contributed by atoms with van der Waals surface area (Å²) in [5.41, 5.74) is 2.44. The summed E-state index contributed by atoms with van der Waals surface area (Å²) in [6, 6.07) is 10.2. The van der Waals surface area contributed by atoms with Crippen molar-refractivity contribution in [2.24, 2.45) is 0 Å². The lowest BCUT2D eigenvalue weighted by molar-refractivity contribution is 0.226. The maximum atomic E-state index is 5.92. The highest BCUT2D eigenvalue weighted by atomic mass is 16.5. The first-order valence-electron chi connectivity index (χ1n) is 12.0. The number of rotatable bonds is 9. The third-order valence-electron chi connectivity index (χ3n) is 5.84. The molecule has 1 atom stereocenters. The molecule has 0 radical (unpaired) electrons. The number of anilines is 3. The number of nitrogens with zero attached hydrogens (tertiary/aromatic N) is 4. The molecule has 1 aromatic carbocycles. The molecule has 9 nitrogen and oxygen atoms in total. The van der Waals surface area contributed by atoms with Crippen LogP contribution in [0.4, 0.5) is 17.5 Å². The first-order chi connectivity index (χ1) is 17.0. The molecule has 0 bridgehead atoms. The van der Waals surface area contributed by atoms with Gasteiger partial charge in [-0.15, -0.1) is 0 Å². The molecule has 9 heteroatoms. The van der Waals surface area contributed by atoms with Crippen molar-refractivity contribution in [1.82, 2.24) is 20.3 Å². The topological polar surface area (TPSA) is 93.7 Å². The Kier molecular flexibility index (Phi) is 7.87. The normalized spacial score (nSPS) is 15.7. The summed E-state index contributed by atoms with van der Waals surface area (Å²) in [5.74, 6) is 3.13. The minimum atomic E-state index is -0.0204. The van der Waals surface area contributed by atoms with Gasteiger partial charge in [0.2, 0.25) is 11.7 Å². The van der Waals surface area contributed by atoms with Crippen LogP contribution in [-0.4, -0.2) is 61.0 Å². The fourth-order valence-corrected chi connectivity index (χ4v) is 4.08. The number of hydrogen-bond acceptors (Lipinski definition) is 9. The van der Waals surface area contributed by atoms with E-state index >= 15 is 0 Å². The van der Waals surface area contributed by atoms with Crippen LogP contribution in [0.3, 0.4) is 0 Å². The van der Waals surface area contributed by atoms with Gasteiger partial charge in [-0.1, -0.05) is 6.92 Å².